The highest BCUT2D eigenvalue weighted by Gasteiger charge is 2.22. The summed E-state index contributed by atoms with van der Waals surface area (Å²) in [6, 6.07) is 13.5. The smallest absolute Gasteiger partial charge is 0.267 e. The van der Waals surface area contributed by atoms with Crippen molar-refractivity contribution in [3.63, 3.8) is 0 Å². The summed E-state index contributed by atoms with van der Waals surface area (Å²) in [5.41, 5.74) is 0.720. The van der Waals surface area contributed by atoms with E-state index < -0.39 is 11.5 Å². The molecule has 3 N–H and O–H groups in total. The lowest BCUT2D eigenvalue weighted by molar-refractivity contribution is 0.0952. The van der Waals surface area contributed by atoms with Gasteiger partial charge in [0.05, 0.1) is 5.52 Å². The maximum absolute atomic E-state index is 13.3. The van der Waals surface area contributed by atoms with Gasteiger partial charge in [0.25, 0.3) is 17.4 Å². The van der Waals surface area contributed by atoms with E-state index >= 15 is 0 Å². The molecular weight excluding hydrogens is 430 g/mol. The molecule has 0 aliphatic carbocycles. The number of nitrogens with zero attached hydrogens (tertiary/aromatic N) is 1. The topological polar surface area (TPSA) is 100 Å². The minimum atomic E-state index is -0.685. The SMILES string of the molecule is CCCCCCn1c(=O)c(C(=O)Nc2ccc(C(=O)NCCCC)cc2)c(O)c2ccccc21. The van der Waals surface area contributed by atoms with E-state index in [1.807, 2.05) is 6.07 Å². The fourth-order valence-corrected chi connectivity index (χ4v) is 3.89. The van der Waals surface area contributed by atoms with Crippen LogP contribution in [0.5, 0.6) is 5.75 Å². The molecule has 0 radical (unpaired) electrons. The van der Waals surface area contributed by atoms with Gasteiger partial charge in [-0.3, -0.25) is 14.4 Å². The monoisotopic (exact) mass is 463 g/mol. The van der Waals surface area contributed by atoms with Crippen LogP contribution in [0.25, 0.3) is 10.9 Å². The van der Waals surface area contributed by atoms with Gasteiger partial charge in [-0.05, 0) is 49.2 Å². The molecule has 0 aliphatic rings. The molecule has 0 atom stereocenters. The predicted octanol–water partition coefficient (Wildman–Crippen LogP) is 5.07. The summed E-state index contributed by atoms with van der Waals surface area (Å²) < 4.78 is 1.57. The molecule has 3 aromatic rings. The summed E-state index contributed by atoms with van der Waals surface area (Å²) >= 11 is 0. The molecule has 0 fully saturated rings. The fourth-order valence-electron chi connectivity index (χ4n) is 3.89. The number of anilines is 1. The highest BCUT2D eigenvalue weighted by Crippen LogP contribution is 2.27. The van der Waals surface area contributed by atoms with E-state index in [0.717, 1.165) is 38.5 Å². The van der Waals surface area contributed by atoms with Gasteiger partial charge in [0.1, 0.15) is 11.3 Å². The van der Waals surface area contributed by atoms with Crippen molar-refractivity contribution >= 4 is 28.4 Å². The molecule has 0 bridgehead atoms. The minimum Gasteiger partial charge on any atom is -0.506 e. The van der Waals surface area contributed by atoms with E-state index in [1.165, 1.54) is 0 Å². The highest BCUT2D eigenvalue weighted by atomic mass is 16.3. The number of hydrogen-bond acceptors (Lipinski definition) is 4. The number of pyridine rings is 1. The maximum Gasteiger partial charge on any atom is 0.267 e. The molecule has 7 heteroatoms. The van der Waals surface area contributed by atoms with Crippen LogP contribution in [-0.2, 0) is 6.54 Å². The number of hydrogen-bond donors (Lipinski definition) is 3. The Labute approximate surface area is 199 Å². The Hall–Kier alpha value is -3.61. The predicted molar refractivity (Wildman–Crippen MR) is 136 cm³/mol. The van der Waals surface area contributed by atoms with Crippen molar-refractivity contribution in [3.05, 3.63) is 70.0 Å². The molecule has 2 amide bonds. The number of para-hydroxylation sites is 1. The van der Waals surface area contributed by atoms with Crippen molar-refractivity contribution in [2.24, 2.45) is 0 Å². The number of benzene rings is 2. The lowest BCUT2D eigenvalue weighted by atomic mass is 10.1. The number of aromatic nitrogens is 1. The number of aromatic hydroxyl groups is 1. The fraction of sp³-hybridized carbons (Fsp3) is 0.370. The van der Waals surface area contributed by atoms with Crippen molar-refractivity contribution in [2.45, 2.75) is 58.9 Å². The number of amides is 2. The Morgan fingerprint density at radius 2 is 1.59 bits per heavy atom. The van der Waals surface area contributed by atoms with E-state index in [2.05, 4.69) is 24.5 Å². The van der Waals surface area contributed by atoms with Crippen LogP contribution in [0.15, 0.2) is 53.3 Å². The molecule has 7 nitrogen and oxygen atoms in total. The lowest BCUT2D eigenvalue weighted by Gasteiger charge is -2.15. The number of aryl methyl sites for hydroxylation is 1. The lowest BCUT2D eigenvalue weighted by Crippen LogP contribution is -2.30. The van der Waals surface area contributed by atoms with Crippen LogP contribution in [0.4, 0.5) is 5.69 Å². The van der Waals surface area contributed by atoms with Crippen molar-refractivity contribution < 1.29 is 14.7 Å². The third-order valence-corrected chi connectivity index (χ3v) is 5.83. The zero-order valence-corrected chi connectivity index (χ0v) is 19.9. The Morgan fingerprint density at radius 3 is 2.29 bits per heavy atom. The molecule has 2 aromatic carbocycles. The van der Waals surface area contributed by atoms with Gasteiger partial charge in [-0.2, -0.15) is 0 Å². The number of nitrogens with one attached hydrogen (secondary N) is 2. The summed E-state index contributed by atoms with van der Waals surface area (Å²) in [4.78, 5) is 38.5. The standard InChI is InChI=1S/C27H33N3O4/c1-3-5-7-10-18-30-22-12-9-8-11-21(22)24(31)23(27(30)34)26(33)29-20-15-13-19(14-16-20)25(32)28-17-6-4-2/h8-9,11-16,31H,3-7,10,17-18H2,1-2H3,(H,28,32)(H,29,33). The molecule has 1 heterocycles. The molecule has 180 valence electrons. The average molecular weight is 464 g/mol. The molecule has 0 unspecified atom stereocenters. The van der Waals surface area contributed by atoms with Crippen LogP contribution in [0.3, 0.4) is 0 Å². The highest BCUT2D eigenvalue weighted by molar-refractivity contribution is 6.09. The summed E-state index contributed by atoms with van der Waals surface area (Å²) in [7, 11) is 0. The van der Waals surface area contributed by atoms with Gasteiger partial charge < -0.3 is 20.3 Å². The number of carbonyl (C=O) groups is 2. The summed E-state index contributed by atoms with van der Waals surface area (Å²) in [5.74, 6) is -1.19. The average Bonchev–Trinajstić information content (AvgIpc) is 2.84. The minimum absolute atomic E-state index is 0.176. The molecule has 1 aromatic heterocycles. The second-order valence-corrected chi connectivity index (χ2v) is 8.40. The van der Waals surface area contributed by atoms with E-state index in [4.69, 9.17) is 0 Å². The third-order valence-electron chi connectivity index (χ3n) is 5.83. The van der Waals surface area contributed by atoms with Crippen molar-refractivity contribution in [1.29, 1.82) is 0 Å². The van der Waals surface area contributed by atoms with E-state index in [-0.39, 0.29) is 17.2 Å². The van der Waals surface area contributed by atoms with Crippen LogP contribution < -0.4 is 16.2 Å². The number of carbonyl (C=O) groups excluding carboxylic acids is 2. The molecule has 0 saturated carbocycles. The van der Waals surface area contributed by atoms with Crippen LogP contribution in [-0.4, -0.2) is 28.0 Å². The van der Waals surface area contributed by atoms with Crippen molar-refractivity contribution in [2.75, 3.05) is 11.9 Å². The molecule has 0 spiro atoms. The first-order chi connectivity index (χ1) is 16.5. The zero-order chi connectivity index (χ0) is 24.5. The Morgan fingerprint density at radius 1 is 0.882 bits per heavy atom. The Bertz CT molecular complexity index is 1200. The van der Waals surface area contributed by atoms with Crippen LogP contribution in [0, 0.1) is 0 Å². The summed E-state index contributed by atoms with van der Waals surface area (Å²) in [6.07, 6.45) is 5.85. The normalized spacial score (nSPS) is 10.9. The summed E-state index contributed by atoms with van der Waals surface area (Å²) in [6.45, 7) is 5.26. The van der Waals surface area contributed by atoms with Gasteiger partial charge in [0.15, 0.2) is 0 Å². The van der Waals surface area contributed by atoms with Crippen molar-refractivity contribution in [3.8, 4) is 5.75 Å². The number of unbranched alkanes of at least 4 members (excludes halogenated alkanes) is 4. The third kappa shape index (κ3) is 5.84. The summed E-state index contributed by atoms with van der Waals surface area (Å²) in [5, 5.41) is 16.8. The number of rotatable bonds is 11. The van der Waals surface area contributed by atoms with Gasteiger partial charge in [-0.1, -0.05) is 51.7 Å². The Balaban J connectivity index is 1.85. The van der Waals surface area contributed by atoms with Crippen LogP contribution >= 0.6 is 0 Å². The quantitative estimate of drug-likeness (QED) is 0.346. The molecule has 3 rings (SSSR count). The number of fused-ring (bicyclic) bond motifs is 1. The second kappa shape index (κ2) is 12.0. The van der Waals surface area contributed by atoms with E-state index in [9.17, 15) is 19.5 Å². The molecule has 0 aliphatic heterocycles. The largest absolute Gasteiger partial charge is 0.506 e. The second-order valence-electron chi connectivity index (χ2n) is 8.40. The first-order valence-electron chi connectivity index (χ1n) is 12.0. The zero-order valence-electron chi connectivity index (χ0n) is 19.9. The van der Waals surface area contributed by atoms with Gasteiger partial charge in [-0.25, -0.2) is 0 Å². The molecular formula is C27H33N3O4. The first kappa shape index (κ1) is 25.0. The van der Waals surface area contributed by atoms with Gasteiger partial charge in [0.2, 0.25) is 0 Å². The molecule has 34 heavy (non-hydrogen) atoms. The van der Waals surface area contributed by atoms with Crippen LogP contribution in [0.2, 0.25) is 0 Å². The van der Waals surface area contributed by atoms with Crippen molar-refractivity contribution in [1.82, 2.24) is 9.88 Å². The van der Waals surface area contributed by atoms with Gasteiger partial charge >= 0.3 is 0 Å². The first-order valence-corrected chi connectivity index (χ1v) is 12.0. The van der Waals surface area contributed by atoms with E-state index in [0.29, 0.717) is 35.2 Å². The maximum atomic E-state index is 13.3. The van der Waals surface area contributed by atoms with E-state index in [1.54, 1.807) is 47.0 Å². The van der Waals surface area contributed by atoms with Gasteiger partial charge in [0, 0.05) is 29.7 Å². The van der Waals surface area contributed by atoms with Crippen LogP contribution in [0.1, 0.15) is 73.1 Å². The Kier molecular flexibility index (Phi) is 8.85. The van der Waals surface area contributed by atoms with Gasteiger partial charge in [-0.15, -0.1) is 0 Å². The molecule has 0 saturated heterocycles.